The number of nitrogens with two attached hydrogens (primary N) is 1. The van der Waals surface area contributed by atoms with Crippen molar-refractivity contribution < 1.29 is 13.5 Å². The van der Waals surface area contributed by atoms with Crippen molar-refractivity contribution in [3.8, 4) is 11.8 Å². The maximum absolute atomic E-state index is 13.0. The Hall–Kier alpha value is -2.61. The van der Waals surface area contributed by atoms with Gasteiger partial charge in [-0.2, -0.15) is 5.26 Å². The molecule has 3 nitrogen and oxygen atoms in total. The predicted octanol–water partition coefficient (Wildman–Crippen LogP) is 3.00. The zero-order chi connectivity index (χ0) is 13.8. The first kappa shape index (κ1) is 12.8. The Bertz CT molecular complexity index is 650. The van der Waals surface area contributed by atoms with Crippen LogP contribution in [0, 0.1) is 23.0 Å². The average Bonchev–Trinajstić information content (AvgIpc) is 2.41. The van der Waals surface area contributed by atoms with Gasteiger partial charge in [0.1, 0.15) is 18.4 Å². The molecular weight excluding hydrogens is 250 g/mol. The van der Waals surface area contributed by atoms with Crippen molar-refractivity contribution in [3.63, 3.8) is 0 Å². The Balaban J connectivity index is 2.14. The fourth-order valence-electron chi connectivity index (χ4n) is 1.55. The summed E-state index contributed by atoms with van der Waals surface area (Å²) in [5.41, 5.74) is 6.77. The summed E-state index contributed by atoms with van der Waals surface area (Å²) in [6.07, 6.45) is 0. The summed E-state index contributed by atoms with van der Waals surface area (Å²) in [5.74, 6) is -1.49. The number of hydrogen-bond acceptors (Lipinski definition) is 3. The number of benzene rings is 2. The number of halogens is 2. The first-order valence-electron chi connectivity index (χ1n) is 5.46. The Kier molecular flexibility index (Phi) is 3.62. The summed E-state index contributed by atoms with van der Waals surface area (Å²) in [6, 6.07) is 10.1. The number of nitrogen functional groups attached to an aromatic ring is 1. The topological polar surface area (TPSA) is 59.0 Å². The van der Waals surface area contributed by atoms with Crippen LogP contribution in [-0.2, 0) is 6.61 Å². The molecule has 96 valence electrons. The largest absolute Gasteiger partial charge is 0.488 e. The second-order valence-electron chi connectivity index (χ2n) is 3.90. The summed E-state index contributed by atoms with van der Waals surface area (Å²) >= 11 is 0. The van der Waals surface area contributed by atoms with Crippen LogP contribution in [0.25, 0.3) is 0 Å². The number of nitrogens with zero attached hydrogens (tertiary/aromatic N) is 1. The molecule has 0 fully saturated rings. The molecule has 0 saturated heterocycles. The molecule has 0 bridgehead atoms. The first-order chi connectivity index (χ1) is 9.10. The zero-order valence-electron chi connectivity index (χ0n) is 9.86. The minimum absolute atomic E-state index is 0.0375. The fraction of sp³-hybridized carbons (Fsp3) is 0.0714. The van der Waals surface area contributed by atoms with Crippen LogP contribution < -0.4 is 10.5 Å². The van der Waals surface area contributed by atoms with Crippen molar-refractivity contribution in [2.45, 2.75) is 6.61 Å². The van der Waals surface area contributed by atoms with Gasteiger partial charge < -0.3 is 10.5 Å². The molecule has 0 aliphatic carbocycles. The summed E-state index contributed by atoms with van der Waals surface area (Å²) < 4.78 is 31.2. The molecule has 0 radical (unpaired) electrons. The van der Waals surface area contributed by atoms with Crippen LogP contribution in [-0.4, -0.2) is 0 Å². The highest BCUT2D eigenvalue weighted by Crippen LogP contribution is 2.21. The Morgan fingerprint density at radius 2 is 1.89 bits per heavy atom. The molecular formula is C14H10F2N2O. The van der Waals surface area contributed by atoms with Crippen molar-refractivity contribution in [3.05, 3.63) is 59.2 Å². The van der Waals surface area contributed by atoms with Gasteiger partial charge >= 0.3 is 0 Å². The second kappa shape index (κ2) is 5.36. The van der Waals surface area contributed by atoms with Crippen LogP contribution in [0.3, 0.4) is 0 Å². The van der Waals surface area contributed by atoms with Gasteiger partial charge in [0.25, 0.3) is 0 Å². The van der Waals surface area contributed by atoms with Gasteiger partial charge in [-0.25, -0.2) is 8.78 Å². The third-order valence-electron chi connectivity index (χ3n) is 2.50. The van der Waals surface area contributed by atoms with E-state index in [-0.39, 0.29) is 6.61 Å². The SMILES string of the molecule is N#Cc1cc(N)ccc1OCc1ccc(F)c(F)c1. The molecule has 0 heterocycles. The predicted molar refractivity (Wildman–Crippen MR) is 66.3 cm³/mol. The number of hydrogen-bond donors (Lipinski definition) is 1. The molecule has 0 saturated carbocycles. The highest BCUT2D eigenvalue weighted by atomic mass is 19.2. The van der Waals surface area contributed by atoms with E-state index in [0.717, 1.165) is 12.1 Å². The fourth-order valence-corrected chi connectivity index (χ4v) is 1.55. The highest BCUT2D eigenvalue weighted by Gasteiger charge is 2.06. The molecule has 0 spiro atoms. The van der Waals surface area contributed by atoms with Gasteiger partial charge in [-0.05, 0) is 35.9 Å². The number of rotatable bonds is 3. The Labute approximate surface area is 108 Å². The molecule has 2 aromatic rings. The lowest BCUT2D eigenvalue weighted by Crippen LogP contribution is -1.99. The van der Waals surface area contributed by atoms with E-state index in [0.29, 0.717) is 22.6 Å². The van der Waals surface area contributed by atoms with Gasteiger partial charge in [0.2, 0.25) is 0 Å². The lowest BCUT2D eigenvalue weighted by atomic mass is 10.2. The van der Waals surface area contributed by atoms with Crippen LogP contribution in [0.5, 0.6) is 5.75 Å². The molecule has 5 heteroatoms. The molecule has 2 rings (SSSR count). The van der Waals surface area contributed by atoms with Crippen molar-refractivity contribution >= 4 is 5.69 Å². The third-order valence-corrected chi connectivity index (χ3v) is 2.50. The van der Waals surface area contributed by atoms with Gasteiger partial charge in [0, 0.05) is 5.69 Å². The molecule has 0 unspecified atom stereocenters. The van der Waals surface area contributed by atoms with Gasteiger partial charge in [0.15, 0.2) is 11.6 Å². The molecule has 2 aromatic carbocycles. The second-order valence-corrected chi connectivity index (χ2v) is 3.90. The number of ether oxygens (including phenoxy) is 1. The van der Waals surface area contributed by atoms with E-state index in [4.69, 9.17) is 15.7 Å². The molecule has 2 N–H and O–H groups in total. The van der Waals surface area contributed by atoms with Crippen LogP contribution in [0.1, 0.15) is 11.1 Å². The van der Waals surface area contributed by atoms with Crippen molar-refractivity contribution in [2.75, 3.05) is 5.73 Å². The zero-order valence-corrected chi connectivity index (χ0v) is 9.86. The third kappa shape index (κ3) is 2.99. The van der Waals surface area contributed by atoms with Crippen molar-refractivity contribution in [2.24, 2.45) is 0 Å². The summed E-state index contributed by atoms with van der Waals surface area (Å²) in [5, 5.41) is 8.93. The molecule has 19 heavy (non-hydrogen) atoms. The van der Waals surface area contributed by atoms with Crippen LogP contribution in [0.2, 0.25) is 0 Å². The average molecular weight is 260 g/mol. The monoisotopic (exact) mass is 260 g/mol. The summed E-state index contributed by atoms with van der Waals surface area (Å²) in [4.78, 5) is 0. The van der Waals surface area contributed by atoms with E-state index in [1.54, 1.807) is 12.1 Å². The van der Waals surface area contributed by atoms with E-state index in [1.165, 1.54) is 12.1 Å². The van der Waals surface area contributed by atoms with Crippen LogP contribution in [0.15, 0.2) is 36.4 Å². The van der Waals surface area contributed by atoms with Gasteiger partial charge in [-0.1, -0.05) is 6.07 Å². The Morgan fingerprint density at radius 3 is 2.58 bits per heavy atom. The van der Waals surface area contributed by atoms with Crippen LogP contribution >= 0.6 is 0 Å². The lowest BCUT2D eigenvalue weighted by molar-refractivity contribution is 0.304. The first-order valence-corrected chi connectivity index (χ1v) is 5.46. The van der Waals surface area contributed by atoms with Gasteiger partial charge in [-0.3, -0.25) is 0 Å². The van der Waals surface area contributed by atoms with Crippen LogP contribution in [0.4, 0.5) is 14.5 Å². The van der Waals surface area contributed by atoms with Gasteiger partial charge in [-0.15, -0.1) is 0 Å². The minimum Gasteiger partial charge on any atom is -0.488 e. The highest BCUT2D eigenvalue weighted by molar-refractivity contribution is 5.53. The summed E-state index contributed by atoms with van der Waals surface area (Å²) in [7, 11) is 0. The molecule has 0 atom stereocenters. The molecule has 0 amide bonds. The molecule has 0 aliphatic heterocycles. The molecule has 0 aromatic heterocycles. The number of nitriles is 1. The molecule has 0 aliphatic rings. The maximum atomic E-state index is 13.0. The number of anilines is 1. The maximum Gasteiger partial charge on any atom is 0.159 e. The van der Waals surface area contributed by atoms with Gasteiger partial charge in [0.05, 0.1) is 5.56 Å². The van der Waals surface area contributed by atoms with E-state index < -0.39 is 11.6 Å². The Morgan fingerprint density at radius 1 is 1.11 bits per heavy atom. The lowest BCUT2D eigenvalue weighted by Gasteiger charge is -2.08. The van der Waals surface area contributed by atoms with Crippen molar-refractivity contribution in [1.29, 1.82) is 5.26 Å². The van der Waals surface area contributed by atoms with E-state index in [1.807, 2.05) is 6.07 Å². The van der Waals surface area contributed by atoms with E-state index in [2.05, 4.69) is 0 Å². The van der Waals surface area contributed by atoms with E-state index >= 15 is 0 Å². The quantitative estimate of drug-likeness (QED) is 0.863. The summed E-state index contributed by atoms with van der Waals surface area (Å²) in [6.45, 7) is 0.0375. The van der Waals surface area contributed by atoms with Crippen molar-refractivity contribution in [1.82, 2.24) is 0 Å². The van der Waals surface area contributed by atoms with E-state index in [9.17, 15) is 8.78 Å². The smallest absolute Gasteiger partial charge is 0.159 e. The normalized spacial score (nSPS) is 9.95. The standard InChI is InChI=1S/C14H10F2N2O/c15-12-3-1-9(5-13(12)16)8-19-14-4-2-11(18)6-10(14)7-17/h1-6H,8,18H2. The minimum atomic E-state index is -0.932.